The fourth-order valence-corrected chi connectivity index (χ4v) is 3.94. The molecule has 1 aromatic heterocycles. The topological polar surface area (TPSA) is 69.0 Å². The molecule has 28 heavy (non-hydrogen) atoms. The van der Waals surface area contributed by atoms with Crippen molar-refractivity contribution in [3.05, 3.63) is 41.2 Å². The van der Waals surface area contributed by atoms with E-state index in [2.05, 4.69) is 15.5 Å². The molecule has 1 aliphatic heterocycles. The second-order valence-corrected chi connectivity index (χ2v) is 7.44. The standard InChI is InChI=1S/C18H21F3N4O2S/c1-25-15(23-24-17(25)28-11-12-5-4-10-27-12)8-9-22-16(26)13-6-2-3-7-14(13)18(19,20)21/h2-3,6-7,12H,4-5,8-11H2,1H3,(H,22,26). The van der Waals surface area contributed by atoms with Gasteiger partial charge in [0.1, 0.15) is 5.82 Å². The first-order valence-corrected chi connectivity index (χ1v) is 9.92. The SMILES string of the molecule is Cn1c(CCNC(=O)c2ccccc2C(F)(F)F)nnc1SCC1CCCO1. The second-order valence-electron chi connectivity index (χ2n) is 6.45. The normalized spacial score (nSPS) is 17.1. The molecule has 0 saturated carbocycles. The zero-order valence-corrected chi connectivity index (χ0v) is 16.1. The van der Waals surface area contributed by atoms with Gasteiger partial charge in [-0.25, -0.2) is 0 Å². The van der Waals surface area contributed by atoms with Crippen molar-refractivity contribution >= 4 is 17.7 Å². The first-order valence-electron chi connectivity index (χ1n) is 8.93. The average Bonchev–Trinajstić information content (AvgIpc) is 3.30. The van der Waals surface area contributed by atoms with Crippen LogP contribution in [-0.2, 0) is 24.4 Å². The van der Waals surface area contributed by atoms with E-state index in [0.29, 0.717) is 12.2 Å². The maximum atomic E-state index is 13.0. The van der Waals surface area contributed by atoms with Crippen molar-refractivity contribution in [3.8, 4) is 0 Å². The van der Waals surface area contributed by atoms with E-state index in [1.807, 2.05) is 11.6 Å². The highest BCUT2D eigenvalue weighted by Gasteiger charge is 2.34. The molecular formula is C18H21F3N4O2S. The molecule has 10 heteroatoms. The number of amides is 1. The Balaban J connectivity index is 1.53. The number of nitrogens with one attached hydrogen (secondary N) is 1. The highest BCUT2D eigenvalue weighted by molar-refractivity contribution is 7.99. The highest BCUT2D eigenvalue weighted by atomic mass is 32.2. The first kappa shape index (κ1) is 20.7. The minimum absolute atomic E-state index is 0.160. The van der Waals surface area contributed by atoms with Gasteiger partial charge in [-0.05, 0) is 25.0 Å². The van der Waals surface area contributed by atoms with Crippen LogP contribution in [0.4, 0.5) is 13.2 Å². The third-order valence-electron chi connectivity index (χ3n) is 4.46. The zero-order valence-electron chi connectivity index (χ0n) is 15.3. The van der Waals surface area contributed by atoms with Gasteiger partial charge in [0.25, 0.3) is 5.91 Å². The van der Waals surface area contributed by atoms with Crippen molar-refractivity contribution in [2.45, 2.75) is 36.7 Å². The lowest BCUT2D eigenvalue weighted by Gasteiger charge is -2.12. The molecule has 2 heterocycles. The summed E-state index contributed by atoms with van der Waals surface area (Å²) < 4.78 is 46.5. The van der Waals surface area contributed by atoms with Crippen molar-refractivity contribution in [3.63, 3.8) is 0 Å². The van der Waals surface area contributed by atoms with Gasteiger partial charge in [-0.2, -0.15) is 13.2 Å². The number of ether oxygens (including phenoxy) is 1. The van der Waals surface area contributed by atoms with Gasteiger partial charge in [-0.3, -0.25) is 4.79 Å². The van der Waals surface area contributed by atoms with E-state index in [1.54, 1.807) is 11.8 Å². The molecule has 1 aliphatic rings. The molecule has 6 nitrogen and oxygen atoms in total. The average molecular weight is 414 g/mol. The molecule has 0 aliphatic carbocycles. The molecule has 1 unspecified atom stereocenters. The fraction of sp³-hybridized carbons (Fsp3) is 0.500. The Morgan fingerprint density at radius 1 is 1.36 bits per heavy atom. The monoisotopic (exact) mass is 414 g/mol. The second kappa shape index (κ2) is 8.95. The van der Waals surface area contributed by atoms with Crippen LogP contribution in [0.1, 0.15) is 34.6 Å². The van der Waals surface area contributed by atoms with Crippen LogP contribution in [0.3, 0.4) is 0 Å². The third kappa shape index (κ3) is 5.05. The maximum absolute atomic E-state index is 13.0. The Kier molecular flexibility index (Phi) is 6.61. The summed E-state index contributed by atoms with van der Waals surface area (Å²) in [5, 5.41) is 11.5. The van der Waals surface area contributed by atoms with Crippen LogP contribution in [0.2, 0.25) is 0 Å². The number of nitrogens with zero attached hydrogens (tertiary/aromatic N) is 3. The molecule has 1 saturated heterocycles. The number of hydrogen-bond donors (Lipinski definition) is 1. The summed E-state index contributed by atoms with van der Waals surface area (Å²) in [5.74, 6) is 0.694. The van der Waals surface area contributed by atoms with Crippen LogP contribution in [0.15, 0.2) is 29.4 Å². The fourth-order valence-electron chi connectivity index (χ4n) is 2.94. The molecule has 152 valence electrons. The molecule has 0 bridgehead atoms. The molecule has 1 N–H and O–H groups in total. The lowest BCUT2D eigenvalue weighted by molar-refractivity contribution is -0.137. The summed E-state index contributed by atoms with van der Waals surface area (Å²) in [6.45, 7) is 0.958. The van der Waals surface area contributed by atoms with Gasteiger partial charge in [0.05, 0.1) is 17.2 Å². The largest absolute Gasteiger partial charge is 0.417 e. The Morgan fingerprint density at radius 3 is 2.86 bits per heavy atom. The summed E-state index contributed by atoms with van der Waals surface area (Å²) in [5.41, 5.74) is -1.33. The smallest absolute Gasteiger partial charge is 0.377 e. The molecule has 2 aromatic rings. The Morgan fingerprint density at radius 2 is 2.14 bits per heavy atom. The van der Waals surface area contributed by atoms with Crippen molar-refractivity contribution in [1.29, 1.82) is 0 Å². The molecule has 0 spiro atoms. The van der Waals surface area contributed by atoms with Gasteiger partial charge in [-0.15, -0.1) is 10.2 Å². The van der Waals surface area contributed by atoms with Gasteiger partial charge in [0.2, 0.25) is 0 Å². The van der Waals surface area contributed by atoms with Crippen molar-refractivity contribution in [2.24, 2.45) is 7.05 Å². The molecule has 3 rings (SSSR count). The number of aromatic nitrogens is 3. The van der Waals surface area contributed by atoms with Crippen LogP contribution in [-0.4, -0.2) is 45.7 Å². The first-order chi connectivity index (χ1) is 13.4. The minimum Gasteiger partial charge on any atom is -0.377 e. The van der Waals surface area contributed by atoms with Gasteiger partial charge < -0.3 is 14.6 Å². The third-order valence-corrected chi connectivity index (χ3v) is 5.61. The number of alkyl halides is 3. The molecule has 1 aromatic carbocycles. The van der Waals surface area contributed by atoms with Crippen LogP contribution in [0.25, 0.3) is 0 Å². The van der Waals surface area contributed by atoms with Crippen LogP contribution in [0.5, 0.6) is 0 Å². The zero-order chi connectivity index (χ0) is 20.1. The highest BCUT2D eigenvalue weighted by Crippen LogP contribution is 2.31. The lowest BCUT2D eigenvalue weighted by Crippen LogP contribution is -2.28. The molecule has 1 fully saturated rings. The number of halogens is 3. The number of carbonyl (C=O) groups excluding carboxylic acids is 1. The summed E-state index contributed by atoms with van der Waals surface area (Å²) in [6, 6.07) is 4.73. The van der Waals surface area contributed by atoms with Crippen molar-refractivity contribution < 1.29 is 22.7 Å². The maximum Gasteiger partial charge on any atom is 0.417 e. The van der Waals surface area contributed by atoms with Crippen molar-refractivity contribution in [2.75, 3.05) is 18.9 Å². The molecular weight excluding hydrogens is 393 g/mol. The van der Waals surface area contributed by atoms with Gasteiger partial charge in [-0.1, -0.05) is 23.9 Å². The van der Waals surface area contributed by atoms with E-state index in [0.717, 1.165) is 36.4 Å². The number of thioether (sulfide) groups is 1. The number of carbonyl (C=O) groups is 1. The Hall–Kier alpha value is -2.07. The Labute approximate surface area is 164 Å². The summed E-state index contributed by atoms with van der Waals surface area (Å²) in [4.78, 5) is 12.2. The molecule has 1 amide bonds. The van der Waals surface area contributed by atoms with Gasteiger partial charge >= 0.3 is 6.18 Å². The van der Waals surface area contributed by atoms with E-state index in [1.165, 1.54) is 18.2 Å². The lowest BCUT2D eigenvalue weighted by atomic mass is 10.1. The van der Waals surface area contributed by atoms with E-state index in [9.17, 15) is 18.0 Å². The number of hydrogen-bond acceptors (Lipinski definition) is 5. The predicted octanol–water partition coefficient (Wildman–Crippen LogP) is 3.08. The summed E-state index contributed by atoms with van der Waals surface area (Å²) in [7, 11) is 1.83. The van der Waals surface area contributed by atoms with E-state index >= 15 is 0 Å². The quantitative estimate of drug-likeness (QED) is 0.706. The van der Waals surface area contributed by atoms with E-state index in [4.69, 9.17) is 4.74 Å². The van der Waals surface area contributed by atoms with Gasteiger partial charge in [0, 0.05) is 32.4 Å². The minimum atomic E-state index is -4.58. The van der Waals surface area contributed by atoms with Crippen LogP contribution in [0, 0.1) is 0 Å². The number of rotatable bonds is 7. The van der Waals surface area contributed by atoms with E-state index < -0.39 is 17.6 Å². The molecule has 1 atom stereocenters. The van der Waals surface area contributed by atoms with Crippen LogP contribution < -0.4 is 5.32 Å². The van der Waals surface area contributed by atoms with Gasteiger partial charge in [0.15, 0.2) is 5.16 Å². The van der Waals surface area contributed by atoms with E-state index in [-0.39, 0.29) is 18.2 Å². The van der Waals surface area contributed by atoms with Crippen LogP contribution >= 0.6 is 11.8 Å². The molecule has 0 radical (unpaired) electrons. The Bertz CT molecular complexity index is 819. The summed E-state index contributed by atoms with van der Waals surface area (Å²) >= 11 is 1.56. The van der Waals surface area contributed by atoms with Crippen molar-refractivity contribution in [1.82, 2.24) is 20.1 Å². The summed E-state index contributed by atoms with van der Waals surface area (Å²) in [6.07, 6.45) is -1.86. The predicted molar refractivity (Wildman–Crippen MR) is 98.2 cm³/mol. The number of benzene rings is 1.